The van der Waals surface area contributed by atoms with Gasteiger partial charge in [-0.15, -0.1) is 0 Å². The molecule has 0 spiro atoms. The Labute approximate surface area is 99.7 Å². The van der Waals surface area contributed by atoms with Gasteiger partial charge in [0.15, 0.2) is 5.49 Å². The summed E-state index contributed by atoms with van der Waals surface area (Å²) >= 11 is 0. The molecule has 4 nitrogen and oxygen atoms in total. The van der Waals surface area contributed by atoms with Gasteiger partial charge < -0.3 is 9.88 Å². The first kappa shape index (κ1) is 10.1. The molecule has 1 N–H and O–H groups in total. The highest BCUT2D eigenvalue weighted by molar-refractivity contribution is 5.42. The van der Waals surface area contributed by atoms with Gasteiger partial charge >= 0.3 is 0 Å². The SMILES string of the molecule is CN=c1cc2n(cn1)C(c1ccccc1)CN2. The van der Waals surface area contributed by atoms with Crippen LogP contribution < -0.4 is 10.8 Å². The van der Waals surface area contributed by atoms with Crippen molar-refractivity contribution < 1.29 is 0 Å². The van der Waals surface area contributed by atoms with E-state index >= 15 is 0 Å². The molecule has 0 saturated carbocycles. The summed E-state index contributed by atoms with van der Waals surface area (Å²) in [6.45, 7) is 0.902. The fourth-order valence-corrected chi connectivity index (χ4v) is 2.18. The van der Waals surface area contributed by atoms with Crippen molar-refractivity contribution in [3.8, 4) is 0 Å². The Morgan fingerprint density at radius 2 is 2.18 bits per heavy atom. The van der Waals surface area contributed by atoms with E-state index in [0.717, 1.165) is 17.9 Å². The minimum Gasteiger partial charge on any atom is -0.369 e. The molecule has 2 aromatic rings. The maximum atomic E-state index is 4.30. The molecule has 4 heteroatoms. The molecule has 0 saturated heterocycles. The summed E-state index contributed by atoms with van der Waals surface area (Å²) in [7, 11) is 1.75. The number of fused-ring (bicyclic) bond motifs is 1. The van der Waals surface area contributed by atoms with E-state index in [0.29, 0.717) is 6.04 Å². The molecule has 17 heavy (non-hydrogen) atoms. The number of nitrogens with one attached hydrogen (secondary N) is 1. The third kappa shape index (κ3) is 1.71. The molecular formula is C13H14N4. The first-order valence-corrected chi connectivity index (χ1v) is 5.68. The Kier molecular flexibility index (Phi) is 2.40. The van der Waals surface area contributed by atoms with Crippen LogP contribution in [0.25, 0.3) is 0 Å². The summed E-state index contributed by atoms with van der Waals surface area (Å²) in [4.78, 5) is 8.38. The highest BCUT2D eigenvalue weighted by Crippen LogP contribution is 2.26. The maximum Gasteiger partial charge on any atom is 0.152 e. The molecule has 1 aliphatic rings. The van der Waals surface area contributed by atoms with E-state index in [1.54, 1.807) is 7.05 Å². The smallest absolute Gasteiger partial charge is 0.152 e. The third-order valence-electron chi connectivity index (χ3n) is 3.08. The van der Waals surface area contributed by atoms with E-state index in [1.165, 1.54) is 5.56 Å². The van der Waals surface area contributed by atoms with Crippen LogP contribution in [-0.2, 0) is 0 Å². The second-order valence-electron chi connectivity index (χ2n) is 4.07. The third-order valence-corrected chi connectivity index (χ3v) is 3.08. The highest BCUT2D eigenvalue weighted by Gasteiger charge is 2.21. The van der Waals surface area contributed by atoms with Crippen molar-refractivity contribution in [1.29, 1.82) is 0 Å². The first-order valence-electron chi connectivity index (χ1n) is 5.68. The fourth-order valence-electron chi connectivity index (χ4n) is 2.18. The van der Waals surface area contributed by atoms with E-state index < -0.39 is 0 Å². The molecule has 1 unspecified atom stereocenters. The summed E-state index contributed by atoms with van der Waals surface area (Å²) in [5.74, 6) is 1.08. The van der Waals surface area contributed by atoms with Crippen LogP contribution in [0.5, 0.6) is 0 Å². The summed E-state index contributed by atoms with van der Waals surface area (Å²) in [6.07, 6.45) is 1.86. The number of hydrogen-bond donors (Lipinski definition) is 1. The van der Waals surface area contributed by atoms with Gasteiger partial charge in [-0.05, 0) is 5.56 Å². The summed E-state index contributed by atoms with van der Waals surface area (Å²) in [5.41, 5.74) is 2.06. The molecule has 0 aliphatic carbocycles. The number of rotatable bonds is 1. The summed E-state index contributed by atoms with van der Waals surface area (Å²) in [5, 5.41) is 3.39. The lowest BCUT2D eigenvalue weighted by atomic mass is 10.1. The molecule has 1 aromatic heterocycles. The highest BCUT2D eigenvalue weighted by atomic mass is 15.2. The van der Waals surface area contributed by atoms with Gasteiger partial charge in [0.25, 0.3) is 0 Å². The van der Waals surface area contributed by atoms with Gasteiger partial charge in [0.05, 0.1) is 12.4 Å². The first-order chi connectivity index (χ1) is 8.38. The van der Waals surface area contributed by atoms with Gasteiger partial charge in [-0.2, -0.15) is 0 Å². The van der Waals surface area contributed by atoms with Crippen LogP contribution in [0.1, 0.15) is 11.6 Å². The van der Waals surface area contributed by atoms with Crippen LogP contribution in [0.4, 0.5) is 5.82 Å². The average Bonchev–Trinajstić information content (AvgIpc) is 2.82. The van der Waals surface area contributed by atoms with Crippen molar-refractivity contribution >= 4 is 5.82 Å². The molecule has 2 heterocycles. The topological polar surface area (TPSA) is 42.2 Å². The van der Waals surface area contributed by atoms with Crippen LogP contribution in [0.3, 0.4) is 0 Å². The molecule has 0 bridgehead atoms. The molecule has 1 aliphatic heterocycles. The Bertz CT molecular complexity index is 586. The van der Waals surface area contributed by atoms with Gasteiger partial charge in [0.2, 0.25) is 0 Å². The standard InChI is InChI=1S/C13H14N4/c1-14-12-7-13-15-8-11(17(13)9-16-12)10-5-3-2-4-6-10/h2-7,9,11,15H,8H2,1H3. The quantitative estimate of drug-likeness (QED) is 0.799. The monoisotopic (exact) mass is 226 g/mol. The molecule has 0 amide bonds. The van der Waals surface area contributed by atoms with Crippen LogP contribution in [0, 0.1) is 0 Å². The molecule has 0 fully saturated rings. The van der Waals surface area contributed by atoms with Crippen LogP contribution in [-0.4, -0.2) is 23.1 Å². The zero-order valence-corrected chi connectivity index (χ0v) is 9.67. The van der Waals surface area contributed by atoms with Crippen molar-refractivity contribution in [3.05, 3.63) is 53.8 Å². The molecule has 1 atom stereocenters. The van der Waals surface area contributed by atoms with Crippen LogP contribution in [0.2, 0.25) is 0 Å². The predicted molar refractivity (Wildman–Crippen MR) is 66.8 cm³/mol. The Balaban J connectivity index is 2.05. The van der Waals surface area contributed by atoms with E-state index in [4.69, 9.17) is 0 Å². The van der Waals surface area contributed by atoms with Crippen molar-refractivity contribution in [2.45, 2.75) is 6.04 Å². The Morgan fingerprint density at radius 3 is 2.94 bits per heavy atom. The zero-order chi connectivity index (χ0) is 11.7. The van der Waals surface area contributed by atoms with Crippen molar-refractivity contribution in [1.82, 2.24) is 9.55 Å². The average molecular weight is 226 g/mol. The van der Waals surface area contributed by atoms with Gasteiger partial charge in [-0.3, -0.25) is 4.99 Å². The summed E-state index contributed by atoms with van der Waals surface area (Å²) in [6, 6.07) is 12.8. The minimum atomic E-state index is 0.324. The van der Waals surface area contributed by atoms with Crippen molar-refractivity contribution in [2.24, 2.45) is 4.99 Å². The zero-order valence-electron chi connectivity index (χ0n) is 9.67. The fraction of sp³-hybridized carbons (Fsp3) is 0.231. The second kappa shape index (κ2) is 4.05. The number of benzene rings is 1. The lowest BCUT2D eigenvalue weighted by Gasteiger charge is -2.13. The molecular weight excluding hydrogens is 212 g/mol. The lowest BCUT2D eigenvalue weighted by Crippen LogP contribution is -2.13. The van der Waals surface area contributed by atoms with E-state index in [1.807, 2.05) is 18.5 Å². The minimum absolute atomic E-state index is 0.324. The number of nitrogens with zero attached hydrogens (tertiary/aromatic N) is 3. The molecule has 86 valence electrons. The molecule has 0 radical (unpaired) electrons. The van der Waals surface area contributed by atoms with Crippen LogP contribution >= 0.6 is 0 Å². The van der Waals surface area contributed by atoms with Gasteiger partial charge in [0.1, 0.15) is 5.82 Å². The largest absolute Gasteiger partial charge is 0.369 e. The lowest BCUT2D eigenvalue weighted by molar-refractivity contribution is 0.653. The second-order valence-corrected chi connectivity index (χ2v) is 4.07. The molecule has 3 rings (SSSR count). The van der Waals surface area contributed by atoms with E-state index in [-0.39, 0.29) is 0 Å². The van der Waals surface area contributed by atoms with E-state index in [2.05, 4.69) is 44.1 Å². The predicted octanol–water partition coefficient (Wildman–Crippen LogP) is 1.43. The maximum absolute atomic E-state index is 4.30. The van der Waals surface area contributed by atoms with Gasteiger partial charge in [-0.1, -0.05) is 30.3 Å². The van der Waals surface area contributed by atoms with Crippen LogP contribution in [0.15, 0.2) is 47.7 Å². The van der Waals surface area contributed by atoms with E-state index in [9.17, 15) is 0 Å². The Morgan fingerprint density at radius 1 is 1.35 bits per heavy atom. The Hall–Kier alpha value is -2.10. The number of hydrogen-bond acceptors (Lipinski definition) is 3. The van der Waals surface area contributed by atoms with Crippen molar-refractivity contribution in [3.63, 3.8) is 0 Å². The van der Waals surface area contributed by atoms with Crippen molar-refractivity contribution in [2.75, 3.05) is 18.9 Å². The van der Waals surface area contributed by atoms with Gasteiger partial charge in [0, 0.05) is 19.7 Å². The van der Waals surface area contributed by atoms with Gasteiger partial charge in [-0.25, -0.2) is 4.98 Å². The summed E-state index contributed by atoms with van der Waals surface area (Å²) < 4.78 is 2.16. The number of anilines is 1. The normalized spacial score (nSPS) is 18.9. The number of aromatic nitrogens is 2. The molecule has 1 aromatic carbocycles.